The summed E-state index contributed by atoms with van der Waals surface area (Å²) < 4.78 is 0. The van der Waals surface area contributed by atoms with Gasteiger partial charge in [-0.3, -0.25) is 4.79 Å². The van der Waals surface area contributed by atoms with E-state index < -0.39 is 0 Å². The zero-order valence-corrected chi connectivity index (χ0v) is 7.21. The van der Waals surface area contributed by atoms with Crippen LogP contribution in [0.15, 0.2) is 30.8 Å². The first kappa shape index (κ1) is 8.72. The molecule has 1 heteroatoms. The van der Waals surface area contributed by atoms with Crippen molar-refractivity contribution in [3.8, 4) is 0 Å². The Bertz CT molecular complexity index is 300. The van der Waals surface area contributed by atoms with Gasteiger partial charge in [0.15, 0.2) is 5.78 Å². The third-order valence-electron chi connectivity index (χ3n) is 1.77. The van der Waals surface area contributed by atoms with E-state index in [1.54, 1.807) is 6.08 Å². The van der Waals surface area contributed by atoms with Crippen molar-refractivity contribution in [2.75, 3.05) is 0 Å². The summed E-state index contributed by atoms with van der Waals surface area (Å²) in [4.78, 5) is 11.2. The lowest BCUT2D eigenvalue weighted by atomic mass is 10.1. The Hall–Kier alpha value is -1.37. The molecule has 0 bridgehead atoms. The lowest BCUT2D eigenvalue weighted by Gasteiger charge is -1.98. The zero-order chi connectivity index (χ0) is 8.97. The van der Waals surface area contributed by atoms with Crippen molar-refractivity contribution in [1.29, 1.82) is 0 Å². The second-order valence-electron chi connectivity index (χ2n) is 2.61. The van der Waals surface area contributed by atoms with Gasteiger partial charge in [-0.1, -0.05) is 37.8 Å². The third kappa shape index (κ3) is 1.82. The highest BCUT2D eigenvalue weighted by atomic mass is 16.1. The first-order valence-corrected chi connectivity index (χ1v) is 4.03. The number of hydrogen-bond donors (Lipinski definition) is 0. The fourth-order valence-electron chi connectivity index (χ4n) is 1.04. The summed E-state index contributed by atoms with van der Waals surface area (Å²) in [6.07, 6.45) is 2.30. The summed E-state index contributed by atoms with van der Waals surface area (Å²) in [7, 11) is 0. The van der Waals surface area contributed by atoms with Crippen molar-refractivity contribution >= 4 is 11.9 Å². The van der Waals surface area contributed by atoms with Gasteiger partial charge in [0.1, 0.15) is 0 Å². The molecular weight excluding hydrogens is 148 g/mol. The van der Waals surface area contributed by atoms with Crippen LogP contribution in [-0.2, 0) is 0 Å². The van der Waals surface area contributed by atoms with Crippen LogP contribution in [0.1, 0.15) is 29.3 Å². The summed E-state index contributed by atoms with van der Waals surface area (Å²) in [5.41, 5.74) is 1.77. The summed E-state index contributed by atoms with van der Waals surface area (Å²) in [5, 5.41) is 0. The Morgan fingerprint density at radius 1 is 1.58 bits per heavy atom. The molecule has 0 spiro atoms. The van der Waals surface area contributed by atoms with Crippen LogP contribution in [0, 0.1) is 0 Å². The maximum Gasteiger partial charge on any atom is 0.162 e. The molecule has 1 aromatic carbocycles. The van der Waals surface area contributed by atoms with Crippen molar-refractivity contribution in [3.05, 3.63) is 42.0 Å². The van der Waals surface area contributed by atoms with E-state index in [2.05, 4.69) is 6.58 Å². The molecule has 0 fully saturated rings. The maximum atomic E-state index is 11.2. The van der Waals surface area contributed by atoms with Gasteiger partial charge < -0.3 is 0 Å². The van der Waals surface area contributed by atoms with Crippen LogP contribution in [0.25, 0.3) is 6.08 Å². The molecule has 0 atom stereocenters. The molecule has 0 aliphatic carbocycles. The van der Waals surface area contributed by atoms with Gasteiger partial charge in [-0.15, -0.1) is 0 Å². The van der Waals surface area contributed by atoms with Gasteiger partial charge in [0.2, 0.25) is 0 Å². The third-order valence-corrected chi connectivity index (χ3v) is 1.77. The SMILES string of the molecule is C=Cc1cccc(C(=O)CC)c1. The Kier molecular flexibility index (Phi) is 2.81. The highest BCUT2D eigenvalue weighted by Gasteiger charge is 2.01. The van der Waals surface area contributed by atoms with Gasteiger partial charge in [-0.25, -0.2) is 0 Å². The molecule has 1 aromatic rings. The van der Waals surface area contributed by atoms with Gasteiger partial charge in [-0.05, 0) is 11.6 Å². The molecular formula is C11H12O. The Labute approximate surface area is 72.7 Å². The fourth-order valence-corrected chi connectivity index (χ4v) is 1.04. The molecule has 0 heterocycles. The molecule has 0 aromatic heterocycles. The highest BCUT2D eigenvalue weighted by Crippen LogP contribution is 2.08. The van der Waals surface area contributed by atoms with Crippen molar-refractivity contribution in [2.24, 2.45) is 0 Å². The maximum absolute atomic E-state index is 11.2. The second kappa shape index (κ2) is 3.86. The Morgan fingerprint density at radius 3 is 2.92 bits per heavy atom. The van der Waals surface area contributed by atoms with E-state index in [0.29, 0.717) is 6.42 Å². The average molecular weight is 160 g/mol. The smallest absolute Gasteiger partial charge is 0.162 e. The number of rotatable bonds is 3. The quantitative estimate of drug-likeness (QED) is 0.621. The number of carbonyl (C=O) groups excluding carboxylic acids is 1. The predicted octanol–water partition coefficient (Wildman–Crippen LogP) is 2.92. The van der Waals surface area contributed by atoms with Gasteiger partial charge >= 0.3 is 0 Å². The molecule has 0 saturated heterocycles. The first-order chi connectivity index (χ1) is 5.77. The number of benzene rings is 1. The number of hydrogen-bond acceptors (Lipinski definition) is 1. The standard InChI is InChI=1S/C11H12O/c1-3-9-6-5-7-10(8-9)11(12)4-2/h3,5-8H,1,4H2,2H3. The van der Waals surface area contributed by atoms with E-state index in [4.69, 9.17) is 0 Å². The summed E-state index contributed by atoms with van der Waals surface area (Å²) >= 11 is 0. The zero-order valence-electron chi connectivity index (χ0n) is 7.21. The van der Waals surface area contributed by atoms with E-state index in [1.165, 1.54) is 0 Å². The van der Waals surface area contributed by atoms with Gasteiger partial charge in [0.05, 0.1) is 0 Å². The number of Topliss-reactive ketones (excluding diaryl/α,β-unsaturated/α-hetero) is 1. The van der Waals surface area contributed by atoms with Crippen molar-refractivity contribution in [1.82, 2.24) is 0 Å². The first-order valence-electron chi connectivity index (χ1n) is 4.03. The normalized spacial score (nSPS) is 9.42. The summed E-state index contributed by atoms with van der Waals surface area (Å²) in [6.45, 7) is 5.51. The predicted molar refractivity (Wildman–Crippen MR) is 51.2 cm³/mol. The van der Waals surface area contributed by atoms with Crippen molar-refractivity contribution in [2.45, 2.75) is 13.3 Å². The van der Waals surface area contributed by atoms with Crippen molar-refractivity contribution in [3.63, 3.8) is 0 Å². The molecule has 0 N–H and O–H groups in total. The van der Waals surface area contributed by atoms with Crippen LogP contribution in [0.4, 0.5) is 0 Å². The summed E-state index contributed by atoms with van der Waals surface area (Å²) in [6, 6.07) is 7.50. The Morgan fingerprint density at radius 2 is 2.33 bits per heavy atom. The van der Waals surface area contributed by atoms with E-state index >= 15 is 0 Å². The topological polar surface area (TPSA) is 17.1 Å². The van der Waals surface area contributed by atoms with Gasteiger partial charge in [0.25, 0.3) is 0 Å². The monoisotopic (exact) mass is 160 g/mol. The van der Waals surface area contributed by atoms with Crippen LogP contribution in [0.3, 0.4) is 0 Å². The van der Waals surface area contributed by atoms with Crippen LogP contribution in [-0.4, -0.2) is 5.78 Å². The molecule has 1 nitrogen and oxygen atoms in total. The van der Waals surface area contributed by atoms with Crippen LogP contribution in [0.2, 0.25) is 0 Å². The number of ketones is 1. The molecule has 0 amide bonds. The van der Waals surface area contributed by atoms with Gasteiger partial charge in [0, 0.05) is 12.0 Å². The molecule has 0 aliphatic heterocycles. The minimum absolute atomic E-state index is 0.179. The van der Waals surface area contributed by atoms with Crippen LogP contribution >= 0.6 is 0 Å². The molecule has 62 valence electrons. The number of carbonyl (C=O) groups is 1. The molecule has 12 heavy (non-hydrogen) atoms. The Balaban J connectivity index is 3.01. The molecule has 0 radical (unpaired) electrons. The minimum Gasteiger partial charge on any atom is -0.294 e. The van der Waals surface area contributed by atoms with Crippen LogP contribution in [0.5, 0.6) is 0 Å². The highest BCUT2D eigenvalue weighted by molar-refractivity contribution is 5.96. The average Bonchev–Trinajstić information content (AvgIpc) is 2.17. The van der Waals surface area contributed by atoms with Crippen molar-refractivity contribution < 1.29 is 4.79 Å². The van der Waals surface area contributed by atoms with Gasteiger partial charge in [-0.2, -0.15) is 0 Å². The molecule has 0 unspecified atom stereocenters. The van der Waals surface area contributed by atoms with E-state index in [1.807, 2.05) is 31.2 Å². The molecule has 0 saturated carbocycles. The molecule has 0 aliphatic rings. The largest absolute Gasteiger partial charge is 0.294 e. The second-order valence-corrected chi connectivity index (χ2v) is 2.61. The fraction of sp³-hybridized carbons (Fsp3) is 0.182. The van der Waals surface area contributed by atoms with E-state index in [-0.39, 0.29) is 5.78 Å². The molecule has 1 rings (SSSR count). The van der Waals surface area contributed by atoms with E-state index in [9.17, 15) is 4.79 Å². The van der Waals surface area contributed by atoms with E-state index in [0.717, 1.165) is 11.1 Å². The minimum atomic E-state index is 0.179. The lowest BCUT2D eigenvalue weighted by molar-refractivity contribution is 0.0988. The lowest BCUT2D eigenvalue weighted by Crippen LogP contribution is -1.95. The van der Waals surface area contributed by atoms with Crippen LogP contribution < -0.4 is 0 Å². The summed E-state index contributed by atoms with van der Waals surface area (Å²) in [5.74, 6) is 0.179.